The molecular formula is C12H15BrClNOS. The summed E-state index contributed by atoms with van der Waals surface area (Å²) in [5.41, 5.74) is 0.509. The van der Waals surface area contributed by atoms with Crippen LogP contribution in [0.3, 0.4) is 0 Å². The normalized spacial score (nSPS) is 12.2. The molecule has 1 atom stereocenters. The van der Waals surface area contributed by atoms with Crippen molar-refractivity contribution in [2.45, 2.75) is 19.9 Å². The molecule has 0 spiro atoms. The van der Waals surface area contributed by atoms with Gasteiger partial charge < -0.3 is 5.32 Å². The summed E-state index contributed by atoms with van der Waals surface area (Å²) in [5, 5.41) is 3.41. The first kappa shape index (κ1) is 14.9. The molecule has 0 aliphatic carbocycles. The highest BCUT2D eigenvalue weighted by atomic mass is 79.9. The highest BCUT2D eigenvalue weighted by molar-refractivity contribution is 9.10. The Morgan fingerprint density at radius 2 is 2.29 bits per heavy atom. The molecule has 1 rings (SSSR count). The van der Waals surface area contributed by atoms with Crippen LogP contribution in [0.25, 0.3) is 0 Å². The van der Waals surface area contributed by atoms with E-state index in [2.05, 4.69) is 28.2 Å². The Bertz CT molecular complexity index is 400. The monoisotopic (exact) mass is 335 g/mol. The van der Waals surface area contributed by atoms with Gasteiger partial charge in [0.2, 0.25) is 0 Å². The van der Waals surface area contributed by atoms with Gasteiger partial charge in [0.05, 0.1) is 10.6 Å². The minimum absolute atomic E-state index is 0.125. The molecule has 2 nitrogen and oxygen atoms in total. The number of amides is 1. The van der Waals surface area contributed by atoms with Crippen molar-refractivity contribution >= 4 is 45.2 Å². The van der Waals surface area contributed by atoms with Gasteiger partial charge >= 0.3 is 0 Å². The SMILES string of the molecule is CCSCC(C)NC(=O)c1cc(Br)ccc1Cl. The standard InChI is InChI=1S/C12H15BrClNOS/c1-3-17-7-8(2)15-12(16)10-6-9(13)4-5-11(10)14/h4-6,8H,3,7H2,1-2H3,(H,15,16). The number of carbonyl (C=O) groups is 1. The van der Waals surface area contributed by atoms with E-state index in [9.17, 15) is 4.79 Å². The second kappa shape index (κ2) is 7.29. The minimum atomic E-state index is -0.125. The van der Waals surface area contributed by atoms with E-state index in [1.54, 1.807) is 23.9 Å². The summed E-state index contributed by atoms with van der Waals surface area (Å²) in [7, 11) is 0. The maximum absolute atomic E-state index is 12.0. The van der Waals surface area contributed by atoms with Gasteiger partial charge in [-0.15, -0.1) is 0 Å². The van der Waals surface area contributed by atoms with E-state index in [1.165, 1.54) is 0 Å². The van der Waals surface area contributed by atoms with Crippen molar-refractivity contribution < 1.29 is 4.79 Å². The Balaban J connectivity index is 2.66. The zero-order valence-corrected chi connectivity index (χ0v) is 13.0. The Labute approximate surface area is 120 Å². The van der Waals surface area contributed by atoms with Crippen LogP contribution in [0.5, 0.6) is 0 Å². The third-order valence-corrected chi connectivity index (χ3v) is 4.09. The van der Waals surface area contributed by atoms with Gasteiger partial charge in [-0.2, -0.15) is 11.8 Å². The molecule has 1 aromatic rings. The molecule has 0 saturated carbocycles. The molecule has 1 unspecified atom stereocenters. The number of thioether (sulfide) groups is 1. The quantitative estimate of drug-likeness (QED) is 0.881. The van der Waals surface area contributed by atoms with E-state index < -0.39 is 0 Å². The zero-order chi connectivity index (χ0) is 12.8. The first-order valence-electron chi connectivity index (χ1n) is 5.38. The van der Waals surface area contributed by atoms with Crippen LogP contribution in [0.1, 0.15) is 24.2 Å². The fourth-order valence-electron chi connectivity index (χ4n) is 1.31. The van der Waals surface area contributed by atoms with Gasteiger partial charge in [-0.1, -0.05) is 34.5 Å². The molecule has 0 aliphatic rings. The van der Waals surface area contributed by atoms with Crippen LogP contribution in [0.15, 0.2) is 22.7 Å². The van der Waals surface area contributed by atoms with Crippen LogP contribution in [-0.4, -0.2) is 23.5 Å². The summed E-state index contributed by atoms with van der Waals surface area (Å²) >= 11 is 11.1. The van der Waals surface area contributed by atoms with E-state index in [4.69, 9.17) is 11.6 Å². The predicted octanol–water partition coefficient (Wildman–Crippen LogP) is 3.97. The Morgan fingerprint density at radius 1 is 1.59 bits per heavy atom. The topological polar surface area (TPSA) is 29.1 Å². The molecule has 17 heavy (non-hydrogen) atoms. The Morgan fingerprint density at radius 3 is 2.94 bits per heavy atom. The second-order valence-corrected chi connectivity index (χ2v) is 6.30. The Hall–Kier alpha value is -0.190. The van der Waals surface area contributed by atoms with E-state index in [0.29, 0.717) is 10.6 Å². The van der Waals surface area contributed by atoms with Crippen molar-refractivity contribution in [3.05, 3.63) is 33.3 Å². The molecule has 5 heteroatoms. The molecule has 0 bridgehead atoms. The van der Waals surface area contributed by atoms with Gasteiger partial charge in [0.1, 0.15) is 0 Å². The summed E-state index contributed by atoms with van der Waals surface area (Å²) in [4.78, 5) is 12.0. The van der Waals surface area contributed by atoms with Gasteiger partial charge in [-0.05, 0) is 30.9 Å². The predicted molar refractivity (Wildman–Crippen MR) is 79.1 cm³/mol. The second-order valence-electron chi connectivity index (χ2n) is 3.66. The zero-order valence-electron chi connectivity index (χ0n) is 9.80. The lowest BCUT2D eigenvalue weighted by molar-refractivity contribution is 0.0944. The molecule has 1 N–H and O–H groups in total. The fourth-order valence-corrected chi connectivity index (χ4v) is 2.55. The van der Waals surface area contributed by atoms with Crippen LogP contribution in [-0.2, 0) is 0 Å². The van der Waals surface area contributed by atoms with Crippen LogP contribution < -0.4 is 5.32 Å². The molecule has 0 saturated heterocycles. The molecule has 1 amide bonds. The fraction of sp³-hybridized carbons (Fsp3) is 0.417. The first-order chi connectivity index (χ1) is 8.04. The molecular weight excluding hydrogens is 322 g/mol. The lowest BCUT2D eigenvalue weighted by atomic mass is 10.2. The summed E-state index contributed by atoms with van der Waals surface area (Å²) in [6, 6.07) is 5.40. The van der Waals surface area contributed by atoms with Crippen molar-refractivity contribution in [3.8, 4) is 0 Å². The highest BCUT2D eigenvalue weighted by Crippen LogP contribution is 2.21. The third-order valence-electron chi connectivity index (χ3n) is 2.12. The summed E-state index contributed by atoms with van der Waals surface area (Å²) in [6.07, 6.45) is 0. The number of nitrogens with one attached hydrogen (secondary N) is 1. The Kier molecular flexibility index (Phi) is 6.38. The summed E-state index contributed by atoms with van der Waals surface area (Å²) < 4.78 is 0.850. The van der Waals surface area contributed by atoms with E-state index in [0.717, 1.165) is 16.0 Å². The average Bonchev–Trinajstić information content (AvgIpc) is 2.29. The number of hydrogen-bond acceptors (Lipinski definition) is 2. The van der Waals surface area contributed by atoms with Crippen molar-refractivity contribution in [2.24, 2.45) is 0 Å². The summed E-state index contributed by atoms with van der Waals surface area (Å²) in [6.45, 7) is 4.09. The summed E-state index contributed by atoms with van der Waals surface area (Å²) in [5.74, 6) is 1.84. The lowest BCUT2D eigenvalue weighted by Gasteiger charge is -2.13. The van der Waals surface area contributed by atoms with Crippen molar-refractivity contribution in [1.82, 2.24) is 5.32 Å². The number of benzene rings is 1. The van der Waals surface area contributed by atoms with Crippen LogP contribution in [0.4, 0.5) is 0 Å². The smallest absolute Gasteiger partial charge is 0.253 e. The van der Waals surface area contributed by atoms with Crippen molar-refractivity contribution in [3.63, 3.8) is 0 Å². The van der Waals surface area contributed by atoms with Gasteiger partial charge in [0.25, 0.3) is 5.91 Å². The maximum atomic E-state index is 12.0. The average molecular weight is 337 g/mol. The van der Waals surface area contributed by atoms with Crippen molar-refractivity contribution in [1.29, 1.82) is 0 Å². The molecule has 0 aromatic heterocycles. The van der Waals surface area contributed by atoms with Gasteiger partial charge in [0.15, 0.2) is 0 Å². The van der Waals surface area contributed by atoms with Crippen molar-refractivity contribution in [2.75, 3.05) is 11.5 Å². The molecule has 0 fully saturated rings. The largest absolute Gasteiger partial charge is 0.349 e. The number of hydrogen-bond donors (Lipinski definition) is 1. The van der Waals surface area contributed by atoms with Gasteiger partial charge in [-0.25, -0.2) is 0 Å². The number of halogens is 2. The number of rotatable bonds is 5. The minimum Gasteiger partial charge on any atom is -0.349 e. The van der Waals surface area contributed by atoms with E-state index in [-0.39, 0.29) is 11.9 Å². The van der Waals surface area contributed by atoms with Crippen LogP contribution in [0.2, 0.25) is 5.02 Å². The molecule has 0 heterocycles. The van der Waals surface area contributed by atoms with Crippen LogP contribution >= 0.6 is 39.3 Å². The maximum Gasteiger partial charge on any atom is 0.253 e. The highest BCUT2D eigenvalue weighted by Gasteiger charge is 2.13. The van der Waals surface area contributed by atoms with E-state index >= 15 is 0 Å². The molecule has 1 aromatic carbocycles. The molecule has 94 valence electrons. The molecule has 0 radical (unpaired) electrons. The molecule has 0 aliphatic heterocycles. The van der Waals surface area contributed by atoms with Gasteiger partial charge in [0, 0.05) is 16.3 Å². The first-order valence-corrected chi connectivity index (χ1v) is 7.70. The van der Waals surface area contributed by atoms with E-state index in [1.807, 2.05) is 13.0 Å². The van der Waals surface area contributed by atoms with Crippen LogP contribution in [0, 0.1) is 0 Å². The lowest BCUT2D eigenvalue weighted by Crippen LogP contribution is -2.34. The third kappa shape index (κ3) is 4.90. The number of carbonyl (C=O) groups excluding carboxylic acids is 1. The van der Waals surface area contributed by atoms with Gasteiger partial charge in [-0.3, -0.25) is 4.79 Å².